The molecule has 2 amide bonds. The zero-order chi connectivity index (χ0) is 15.0. The Morgan fingerprint density at radius 1 is 1.15 bits per heavy atom. The Morgan fingerprint density at radius 3 is 2.50 bits per heavy atom. The van der Waals surface area contributed by atoms with Gasteiger partial charge in [-0.25, -0.2) is 0 Å². The molecular weight excluding hydrogens is 254 g/mol. The van der Waals surface area contributed by atoms with Crippen LogP contribution in [0.3, 0.4) is 0 Å². The van der Waals surface area contributed by atoms with Crippen LogP contribution in [-0.4, -0.2) is 30.9 Å². The standard InChI is InChI=1S/C15H23N3O2/c1-4-9-16-14(19)10-17-15(20)12-7-5-6-8-13(12)18-11(2)3/h5-8,11,18H,4,9-10H2,1-3H3,(H,16,19)(H,17,20). The smallest absolute Gasteiger partial charge is 0.253 e. The Balaban J connectivity index is 2.61. The van der Waals surface area contributed by atoms with Gasteiger partial charge in [0.05, 0.1) is 12.1 Å². The van der Waals surface area contributed by atoms with Gasteiger partial charge in [0.1, 0.15) is 0 Å². The largest absolute Gasteiger partial charge is 0.382 e. The van der Waals surface area contributed by atoms with Crippen LogP contribution in [0.1, 0.15) is 37.6 Å². The SMILES string of the molecule is CCCNC(=O)CNC(=O)c1ccccc1NC(C)C. The van der Waals surface area contributed by atoms with Crippen LogP contribution in [0.5, 0.6) is 0 Å². The summed E-state index contributed by atoms with van der Waals surface area (Å²) in [4.78, 5) is 23.6. The summed E-state index contributed by atoms with van der Waals surface area (Å²) in [7, 11) is 0. The Bertz CT molecular complexity index is 458. The second-order valence-electron chi connectivity index (χ2n) is 4.88. The highest BCUT2D eigenvalue weighted by Crippen LogP contribution is 2.15. The minimum Gasteiger partial charge on any atom is -0.382 e. The van der Waals surface area contributed by atoms with Crippen LogP contribution >= 0.6 is 0 Å². The van der Waals surface area contributed by atoms with Gasteiger partial charge >= 0.3 is 0 Å². The predicted molar refractivity (Wildman–Crippen MR) is 80.8 cm³/mol. The molecule has 0 saturated heterocycles. The Labute approximate surface area is 120 Å². The van der Waals surface area contributed by atoms with Crippen LogP contribution in [0.4, 0.5) is 5.69 Å². The summed E-state index contributed by atoms with van der Waals surface area (Å²) in [5.74, 6) is -0.421. The average Bonchev–Trinajstić information content (AvgIpc) is 2.42. The fourth-order valence-corrected chi connectivity index (χ4v) is 1.70. The molecule has 0 aliphatic heterocycles. The maximum Gasteiger partial charge on any atom is 0.253 e. The van der Waals surface area contributed by atoms with Gasteiger partial charge in [-0.1, -0.05) is 19.1 Å². The van der Waals surface area contributed by atoms with Crippen molar-refractivity contribution in [1.82, 2.24) is 10.6 Å². The van der Waals surface area contributed by atoms with Crippen molar-refractivity contribution in [2.75, 3.05) is 18.4 Å². The number of carbonyl (C=O) groups is 2. The Kier molecular flexibility index (Phi) is 6.56. The van der Waals surface area contributed by atoms with Crippen molar-refractivity contribution in [1.29, 1.82) is 0 Å². The van der Waals surface area contributed by atoms with Crippen LogP contribution in [0.15, 0.2) is 24.3 Å². The van der Waals surface area contributed by atoms with Crippen LogP contribution in [0.2, 0.25) is 0 Å². The number of hydrogen-bond acceptors (Lipinski definition) is 3. The summed E-state index contributed by atoms with van der Waals surface area (Å²) in [6.07, 6.45) is 0.876. The van der Waals surface area contributed by atoms with E-state index in [1.165, 1.54) is 0 Å². The van der Waals surface area contributed by atoms with Gasteiger partial charge in [0.25, 0.3) is 5.91 Å². The molecule has 3 N–H and O–H groups in total. The fourth-order valence-electron chi connectivity index (χ4n) is 1.70. The number of hydrogen-bond donors (Lipinski definition) is 3. The lowest BCUT2D eigenvalue weighted by atomic mass is 10.1. The summed E-state index contributed by atoms with van der Waals surface area (Å²) in [5.41, 5.74) is 1.32. The zero-order valence-electron chi connectivity index (χ0n) is 12.3. The number of benzene rings is 1. The molecule has 0 unspecified atom stereocenters. The van der Waals surface area contributed by atoms with Crippen molar-refractivity contribution in [3.63, 3.8) is 0 Å². The van der Waals surface area contributed by atoms with E-state index >= 15 is 0 Å². The van der Waals surface area contributed by atoms with Crippen molar-refractivity contribution >= 4 is 17.5 Å². The summed E-state index contributed by atoms with van der Waals surface area (Å²) in [6.45, 7) is 6.61. The molecule has 0 saturated carbocycles. The molecule has 0 fully saturated rings. The fraction of sp³-hybridized carbons (Fsp3) is 0.467. The second-order valence-corrected chi connectivity index (χ2v) is 4.88. The molecule has 5 heteroatoms. The van der Waals surface area contributed by atoms with E-state index in [0.29, 0.717) is 12.1 Å². The molecule has 1 aromatic carbocycles. The van der Waals surface area contributed by atoms with Crippen molar-refractivity contribution in [2.24, 2.45) is 0 Å². The van der Waals surface area contributed by atoms with E-state index in [1.807, 2.05) is 32.9 Å². The van der Waals surface area contributed by atoms with E-state index in [0.717, 1.165) is 12.1 Å². The number of nitrogens with one attached hydrogen (secondary N) is 3. The van der Waals surface area contributed by atoms with Crippen LogP contribution < -0.4 is 16.0 Å². The van der Waals surface area contributed by atoms with Crippen LogP contribution in [0.25, 0.3) is 0 Å². The first-order valence-corrected chi connectivity index (χ1v) is 6.95. The lowest BCUT2D eigenvalue weighted by Gasteiger charge is -2.14. The minimum atomic E-state index is -0.250. The molecule has 1 aromatic rings. The molecule has 0 atom stereocenters. The lowest BCUT2D eigenvalue weighted by Crippen LogP contribution is -2.37. The minimum absolute atomic E-state index is 0.00511. The summed E-state index contributed by atoms with van der Waals surface area (Å²) >= 11 is 0. The maximum absolute atomic E-state index is 12.1. The van der Waals surface area contributed by atoms with Crippen molar-refractivity contribution in [2.45, 2.75) is 33.2 Å². The molecule has 0 heterocycles. The zero-order valence-corrected chi connectivity index (χ0v) is 12.3. The maximum atomic E-state index is 12.1. The highest BCUT2D eigenvalue weighted by atomic mass is 16.2. The monoisotopic (exact) mass is 277 g/mol. The predicted octanol–water partition coefficient (Wildman–Crippen LogP) is 1.76. The third-order valence-corrected chi connectivity index (χ3v) is 2.60. The molecular formula is C15H23N3O2. The van der Waals surface area contributed by atoms with Gasteiger partial charge < -0.3 is 16.0 Å². The Hall–Kier alpha value is -2.04. The number of carbonyl (C=O) groups excluding carboxylic acids is 2. The first kappa shape index (κ1) is 16.0. The third-order valence-electron chi connectivity index (χ3n) is 2.60. The van der Waals surface area contributed by atoms with Gasteiger partial charge in [0, 0.05) is 18.3 Å². The topological polar surface area (TPSA) is 70.2 Å². The summed E-state index contributed by atoms with van der Waals surface area (Å²) in [6, 6.07) is 7.50. The summed E-state index contributed by atoms with van der Waals surface area (Å²) in [5, 5.41) is 8.56. The number of para-hydroxylation sites is 1. The highest BCUT2D eigenvalue weighted by Gasteiger charge is 2.12. The van der Waals surface area contributed by atoms with E-state index in [4.69, 9.17) is 0 Å². The highest BCUT2D eigenvalue weighted by molar-refractivity contribution is 6.01. The molecule has 0 bridgehead atoms. The van der Waals surface area contributed by atoms with Gasteiger partial charge in [0.15, 0.2) is 0 Å². The lowest BCUT2D eigenvalue weighted by molar-refractivity contribution is -0.120. The molecule has 0 aliphatic carbocycles. The van der Waals surface area contributed by atoms with Crippen LogP contribution in [0, 0.1) is 0 Å². The van der Waals surface area contributed by atoms with E-state index in [9.17, 15) is 9.59 Å². The van der Waals surface area contributed by atoms with Crippen molar-refractivity contribution in [3.8, 4) is 0 Å². The molecule has 0 spiro atoms. The quantitative estimate of drug-likeness (QED) is 0.711. The molecule has 5 nitrogen and oxygen atoms in total. The molecule has 0 aromatic heterocycles. The number of amides is 2. The second kappa shape index (κ2) is 8.19. The molecule has 20 heavy (non-hydrogen) atoms. The number of rotatable bonds is 7. The Morgan fingerprint density at radius 2 is 1.85 bits per heavy atom. The van der Waals surface area contributed by atoms with Gasteiger partial charge in [-0.2, -0.15) is 0 Å². The van der Waals surface area contributed by atoms with Gasteiger partial charge in [-0.15, -0.1) is 0 Å². The van der Waals surface area contributed by atoms with Crippen molar-refractivity contribution in [3.05, 3.63) is 29.8 Å². The molecule has 110 valence electrons. The van der Waals surface area contributed by atoms with Crippen LogP contribution in [-0.2, 0) is 4.79 Å². The summed E-state index contributed by atoms with van der Waals surface area (Å²) < 4.78 is 0. The number of anilines is 1. The van der Waals surface area contributed by atoms with E-state index in [-0.39, 0.29) is 24.4 Å². The molecule has 0 aliphatic rings. The van der Waals surface area contributed by atoms with E-state index in [1.54, 1.807) is 12.1 Å². The third kappa shape index (κ3) is 5.30. The first-order valence-electron chi connectivity index (χ1n) is 6.95. The molecule has 1 rings (SSSR count). The molecule has 0 radical (unpaired) electrons. The first-order chi connectivity index (χ1) is 9.54. The average molecular weight is 277 g/mol. The van der Waals surface area contributed by atoms with Crippen molar-refractivity contribution < 1.29 is 9.59 Å². The van der Waals surface area contributed by atoms with Gasteiger partial charge in [-0.05, 0) is 32.4 Å². The van der Waals surface area contributed by atoms with E-state index in [2.05, 4.69) is 16.0 Å². The van der Waals surface area contributed by atoms with Gasteiger partial charge in [0.2, 0.25) is 5.91 Å². The van der Waals surface area contributed by atoms with E-state index < -0.39 is 0 Å². The van der Waals surface area contributed by atoms with Gasteiger partial charge in [-0.3, -0.25) is 9.59 Å². The normalized spacial score (nSPS) is 10.2.